The molecule has 70 valence electrons. The number of hydrogen-bond acceptors (Lipinski definition) is 3. The van der Waals surface area contributed by atoms with Crippen LogP contribution in [0.15, 0.2) is 17.5 Å². The van der Waals surface area contributed by atoms with Crippen LogP contribution in [0.1, 0.15) is 16.1 Å². The summed E-state index contributed by atoms with van der Waals surface area (Å²) in [6.07, 6.45) is -0.0342. The number of hydrogen-bond donors (Lipinski definition) is 0. The summed E-state index contributed by atoms with van der Waals surface area (Å²) in [5.41, 5.74) is 0. The number of rotatable bonds is 3. The molecule has 0 unspecified atom stereocenters. The van der Waals surface area contributed by atoms with Gasteiger partial charge in [-0.15, -0.1) is 11.3 Å². The maximum Gasteiger partial charge on any atom is 0.229 e. The van der Waals surface area contributed by atoms with Crippen LogP contribution in [-0.4, -0.2) is 30.7 Å². The van der Waals surface area contributed by atoms with Gasteiger partial charge in [0.1, 0.15) is 0 Å². The molecule has 0 saturated carbocycles. The second-order valence-corrected chi connectivity index (χ2v) is 3.81. The average Bonchev–Trinajstić information content (AvgIpc) is 2.55. The van der Waals surface area contributed by atoms with Crippen molar-refractivity contribution in [2.45, 2.75) is 6.42 Å². The second kappa shape index (κ2) is 4.18. The third-order valence-electron chi connectivity index (χ3n) is 1.61. The van der Waals surface area contributed by atoms with Crippen LogP contribution in [0, 0.1) is 0 Å². The predicted octanol–water partition coefficient (Wildman–Crippen LogP) is 1.41. The number of thiophene rings is 1. The Morgan fingerprint density at radius 1 is 1.46 bits per heavy atom. The lowest BCUT2D eigenvalue weighted by molar-refractivity contribution is -0.127. The fourth-order valence-electron chi connectivity index (χ4n) is 0.820. The fourth-order valence-corrected chi connectivity index (χ4v) is 1.48. The lowest BCUT2D eigenvalue weighted by atomic mass is 10.2. The van der Waals surface area contributed by atoms with Crippen LogP contribution >= 0.6 is 11.3 Å². The first-order chi connectivity index (χ1) is 6.11. The summed E-state index contributed by atoms with van der Waals surface area (Å²) in [4.78, 5) is 24.6. The van der Waals surface area contributed by atoms with Crippen LogP contribution < -0.4 is 0 Å². The van der Waals surface area contributed by atoms with Gasteiger partial charge >= 0.3 is 0 Å². The molecule has 3 nitrogen and oxygen atoms in total. The Balaban J connectivity index is 2.57. The zero-order valence-corrected chi connectivity index (χ0v) is 8.43. The molecule has 1 heterocycles. The van der Waals surface area contributed by atoms with Crippen molar-refractivity contribution in [2.24, 2.45) is 0 Å². The molecule has 1 rings (SSSR count). The highest BCUT2D eigenvalue weighted by atomic mass is 32.1. The third-order valence-corrected chi connectivity index (χ3v) is 2.52. The molecule has 0 spiro atoms. The molecule has 1 amide bonds. The van der Waals surface area contributed by atoms with Crippen LogP contribution in [0.2, 0.25) is 0 Å². The summed E-state index contributed by atoms with van der Waals surface area (Å²) in [5, 5.41) is 1.83. The van der Waals surface area contributed by atoms with E-state index in [0.717, 1.165) is 0 Å². The molecular formula is C9H11NO2S. The summed E-state index contributed by atoms with van der Waals surface area (Å²) in [5.74, 6) is -0.257. The minimum atomic E-state index is -0.154. The molecule has 13 heavy (non-hydrogen) atoms. The zero-order chi connectivity index (χ0) is 9.84. The Morgan fingerprint density at radius 3 is 2.62 bits per heavy atom. The van der Waals surface area contributed by atoms with E-state index in [1.54, 1.807) is 26.2 Å². The highest BCUT2D eigenvalue weighted by molar-refractivity contribution is 7.12. The van der Waals surface area contributed by atoms with Crippen molar-refractivity contribution in [1.82, 2.24) is 4.90 Å². The smallest absolute Gasteiger partial charge is 0.229 e. The molecule has 0 aliphatic carbocycles. The molecule has 0 aromatic carbocycles. The molecule has 1 aromatic heterocycles. The van der Waals surface area contributed by atoms with E-state index in [0.29, 0.717) is 4.88 Å². The van der Waals surface area contributed by atoms with Crippen LogP contribution in [0.4, 0.5) is 0 Å². The molecule has 4 heteroatoms. The minimum Gasteiger partial charge on any atom is -0.348 e. The topological polar surface area (TPSA) is 37.4 Å². The Morgan fingerprint density at radius 2 is 2.15 bits per heavy atom. The minimum absolute atomic E-state index is 0.0342. The summed E-state index contributed by atoms with van der Waals surface area (Å²) < 4.78 is 0. The average molecular weight is 197 g/mol. The van der Waals surface area contributed by atoms with Crippen LogP contribution in [0.25, 0.3) is 0 Å². The largest absolute Gasteiger partial charge is 0.348 e. The van der Waals surface area contributed by atoms with E-state index in [4.69, 9.17) is 0 Å². The quantitative estimate of drug-likeness (QED) is 0.542. The van der Waals surface area contributed by atoms with Crippen molar-refractivity contribution in [1.29, 1.82) is 0 Å². The molecule has 1 aromatic rings. The van der Waals surface area contributed by atoms with Gasteiger partial charge in [-0.1, -0.05) is 6.07 Å². The number of nitrogens with zero attached hydrogens (tertiary/aromatic N) is 1. The van der Waals surface area contributed by atoms with E-state index in [2.05, 4.69) is 0 Å². The Bertz CT molecular complexity index is 303. The first-order valence-corrected chi connectivity index (χ1v) is 4.76. The number of carbonyl (C=O) groups excluding carboxylic acids is 2. The monoisotopic (exact) mass is 197 g/mol. The van der Waals surface area contributed by atoms with Gasteiger partial charge in [0.05, 0.1) is 11.3 Å². The maximum atomic E-state index is 11.4. The Labute approximate surface area is 81.0 Å². The van der Waals surface area contributed by atoms with Crippen LogP contribution in [-0.2, 0) is 4.79 Å². The Kier molecular flexibility index (Phi) is 3.19. The highest BCUT2D eigenvalue weighted by Gasteiger charge is 2.13. The number of carbonyl (C=O) groups is 2. The van der Waals surface area contributed by atoms with E-state index in [-0.39, 0.29) is 18.1 Å². The standard InChI is InChI=1S/C9H11NO2S/c1-10(2)9(12)6-7(11)8-4-3-5-13-8/h3-5H,6H2,1-2H3. The van der Waals surface area contributed by atoms with Gasteiger partial charge in [-0.2, -0.15) is 0 Å². The third kappa shape index (κ3) is 2.66. The second-order valence-electron chi connectivity index (χ2n) is 2.87. The van der Waals surface area contributed by atoms with Gasteiger partial charge in [-0.25, -0.2) is 0 Å². The summed E-state index contributed by atoms with van der Waals surface area (Å²) in [7, 11) is 3.29. The lowest BCUT2D eigenvalue weighted by Gasteiger charge is -2.08. The molecule has 0 fully saturated rings. The van der Waals surface area contributed by atoms with Gasteiger partial charge in [0.25, 0.3) is 0 Å². The molecule has 0 saturated heterocycles. The van der Waals surface area contributed by atoms with E-state index in [1.165, 1.54) is 16.2 Å². The lowest BCUT2D eigenvalue weighted by Crippen LogP contribution is -2.24. The molecular weight excluding hydrogens is 186 g/mol. The molecule has 0 aliphatic rings. The molecule has 0 N–H and O–H groups in total. The molecule has 0 radical (unpaired) electrons. The first kappa shape index (κ1) is 9.92. The van der Waals surface area contributed by atoms with Crippen molar-refractivity contribution < 1.29 is 9.59 Å². The summed E-state index contributed by atoms with van der Waals surface area (Å²) in [6, 6.07) is 3.54. The molecule has 0 bridgehead atoms. The van der Waals surface area contributed by atoms with Gasteiger partial charge in [0.2, 0.25) is 5.91 Å². The van der Waals surface area contributed by atoms with Crippen molar-refractivity contribution >= 4 is 23.0 Å². The van der Waals surface area contributed by atoms with E-state index in [1.807, 2.05) is 5.38 Å². The number of Topliss-reactive ketones (excluding diaryl/α,β-unsaturated/α-hetero) is 1. The van der Waals surface area contributed by atoms with Crippen molar-refractivity contribution in [3.05, 3.63) is 22.4 Å². The van der Waals surface area contributed by atoms with Crippen LogP contribution in [0.3, 0.4) is 0 Å². The van der Waals surface area contributed by atoms with Crippen molar-refractivity contribution in [3.63, 3.8) is 0 Å². The van der Waals surface area contributed by atoms with Gasteiger partial charge < -0.3 is 4.90 Å². The van der Waals surface area contributed by atoms with Gasteiger partial charge in [0, 0.05) is 14.1 Å². The predicted molar refractivity (Wildman–Crippen MR) is 52.0 cm³/mol. The first-order valence-electron chi connectivity index (χ1n) is 3.88. The van der Waals surface area contributed by atoms with Gasteiger partial charge in [-0.3, -0.25) is 9.59 Å². The van der Waals surface area contributed by atoms with Crippen LogP contribution in [0.5, 0.6) is 0 Å². The number of amides is 1. The normalized spacial score (nSPS) is 9.69. The molecule has 0 atom stereocenters. The van der Waals surface area contributed by atoms with Crippen molar-refractivity contribution in [2.75, 3.05) is 14.1 Å². The molecule has 0 aliphatic heterocycles. The highest BCUT2D eigenvalue weighted by Crippen LogP contribution is 2.11. The van der Waals surface area contributed by atoms with Gasteiger partial charge in [0.15, 0.2) is 5.78 Å². The van der Waals surface area contributed by atoms with E-state index in [9.17, 15) is 9.59 Å². The van der Waals surface area contributed by atoms with E-state index >= 15 is 0 Å². The number of ketones is 1. The SMILES string of the molecule is CN(C)C(=O)CC(=O)c1cccs1. The zero-order valence-electron chi connectivity index (χ0n) is 7.61. The van der Waals surface area contributed by atoms with Gasteiger partial charge in [-0.05, 0) is 11.4 Å². The van der Waals surface area contributed by atoms with Crippen molar-refractivity contribution in [3.8, 4) is 0 Å². The Hall–Kier alpha value is -1.16. The fraction of sp³-hybridized carbons (Fsp3) is 0.333. The summed E-state index contributed by atoms with van der Waals surface area (Å²) in [6.45, 7) is 0. The maximum absolute atomic E-state index is 11.4. The summed E-state index contributed by atoms with van der Waals surface area (Å²) >= 11 is 1.36. The van der Waals surface area contributed by atoms with E-state index < -0.39 is 0 Å².